The second-order valence-corrected chi connectivity index (χ2v) is 8.16. The highest BCUT2D eigenvalue weighted by Crippen LogP contribution is 2.47. The molecule has 124 valence electrons. The SMILES string of the molecule is COP(=O)(c1ccccc1)c1c(C(=O)O)[nH]c2ccc(Cl)c(C)c12. The maximum absolute atomic E-state index is 13.7. The lowest BCUT2D eigenvalue weighted by molar-refractivity contribution is 0.0692. The molecule has 0 radical (unpaired) electrons. The van der Waals surface area contributed by atoms with E-state index in [1.165, 1.54) is 7.11 Å². The van der Waals surface area contributed by atoms with Gasteiger partial charge in [0.2, 0.25) is 0 Å². The fourth-order valence-electron chi connectivity index (χ4n) is 2.81. The molecule has 0 fully saturated rings. The molecule has 2 aromatic carbocycles. The molecule has 0 aliphatic heterocycles. The minimum Gasteiger partial charge on any atom is -0.477 e. The molecule has 3 rings (SSSR count). The fourth-order valence-corrected chi connectivity index (χ4v) is 5.22. The predicted molar refractivity (Wildman–Crippen MR) is 95.3 cm³/mol. The van der Waals surface area contributed by atoms with E-state index in [2.05, 4.69) is 4.98 Å². The number of carbonyl (C=O) groups is 1. The number of aromatic amines is 1. The number of H-pyrrole nitrogens is 1. The molecular formula is C17H15ClNO4P. The van der Waals surface area contributed by atoms with Crippen LogP contribution < -0.4 is 10.6 Å². The van der Waals surface area contributed by atoms with Crippen LogP contribution in [0.25, 0.3) is 10.9 Å². The lowest BCUT2D eigenvalue weighted by Gasteiger charge is -2.18. The summed E-state index contributed by atoms with van der Waals surface area (Å²) in [5, 5.41) is 11.1. The highest BCUT2D eigenvalue weighted by molar-refractivity contribution is 7.75. The third-order valence-electron chi connectivity index (χ3n) is 3.99. The summed E-state index contributed by atoms with van der Waals surface area (Å²) in [6.07, 6.45) is 0. The van der Waals surface area contributed by atoms with Crippen LogP contribution in [0.15, 0.2) is 42.5 Å². The molecule has 1 aromatic heterocycles. The molecule has 5 nitrogen and oxygen atoms in total. The molecule has 1 unspecified atom stereocenters. The first-order valence-electron chi connectivity index (χ1n) is 7.16. The Morgan fingerprint density at radius 3 is 2.46 bits per heavy atom. The van der Waals surface area contributed by atoms with Crippen LogP contribution in [-0.4, -0.2) is 23.2 Å². The van der Waals surface area contributed by atoms with Crippen LogP contribution in [0.1, 0.15) is 16.1 Å². The number of carboxylic acid groups (broad SMARTS) is 1. The van der Waals surface area contributed by atoms with E-state index in [1.807, 2.05) is 0 Å². The van der Waals surface area contributed by atoms with Gasteiger partial charge in [0, 0.05) is 28.3 Å². The van der Waals surface area contributed by atoms with Gasteiger partial charge in [0.05, 0.1) is 5.30 Å². The zero-order chi connectivity index (χ0) is 17.5. The van der Waals surface area contributed by atoms with E-state index in [-0.39, 0.29) is 11.0 Å². The molecular weight excluding hydrogens is 349 g/mol. The third kappa shape index (κ3) is 2.46. The van der Waals surface area contributed by atoms with Crippen molar-refractivity contribution in [3.05, 3.63) is 58.7 Å². The van der Waals surface area contributed by atoms with E-state index in [4.69, 9.17) is 16.1 Å². The van der Waals surface area contributed by atoms with Gasteiger partial charge in [-0.25, -0.2) is 4.79 Å². The normalized spacial score (nSPS) is 13.8. The van der Waals surface area contributed by atoms with E-state index in [0.717, 1.165) is 0 Å². The van der Waals surface area contributed by atoms with Crippen molar-refractivity contribution in [1.29, 1.82) is 0 Å². The second-order valence-electron chi connectivity index (χ2n) is 5.32. The summed E-state index contributed by atoms with van der Waals surface area (Å²) in [5.74, 6) is -1.20. The zero-order valence-electron chi connectivity index (χ0n) is 13.0. The van der Waals surface area contributed by atoms with Crippen LogP contribution in [-0.2, 0) is 9.09 Å². The largest absolute Gasteiger partial charge is 0.477 e. The van der Waals surface area contributed by atoms with Crippen molar-refractivity contribution in [2.24, 2.45) is 0 Å². The number of carboxylic acids is 1. The predicted octanol–water partition coefficient (Wildman–Crippen LogP) is 3.70. The number of aryl methyl sites for hydroxylation is 1. The standard InChI is InChI=1S/C17H15ClNO4P/c1-10-12(18)8-9-13-14(10)16(15(19-13)17(20)21)24(22,23-2)11-6-4-3-5-7-11/h3-9,19H,1-2H3,(H,20,21). The summed E-state index contributed by atoms with van der Waals surface area (Å²) in [5.41, 5.74) is 1.06. The highest BCUT2D eigenvalue weighted by atomic mass is 35.5. The van der Waals surface area contributed by atoms with Gasteiger partial charge in [0.1, 0.15) is 5.69 Å². The van der Waals surface area contributed by atoms with Crippen molar-refractivity contribution in [2.45, 2.75) is 6.92 Å². The fraction of sp³-hybridized carbons (Fsp3) is 0.118. The number of hydrogen-bond acceptors (Lipinski definition) is 3. The first-order chi connectivity index (χ1) is 11.4. The van der Waals surface area contributed by atoms with Crippen molar-refractivity contribution in [2.75, 3.05) is 7.11 Å². The molecule has 0 aliphatic carbocycles. The van der Waals surface area contributed by atoms with Gasteiger partial charge in [0.25, 0.3) is 7.37 Å². The molecule has 0 bridgehead atoms. The molecule has 1 atom stereocenters. The van der Waals surface area contributed by atoms with Crippen LogP contribution in [0.5, 0.6) is 0 Å². The number of aromatic carboxylic acids is 1. The van der Waals surface area contributed by atoms with E-state index >= 15 is 0 Å². The second kappa shape index (κ2) is 6.10. The number of fused-ring (bicyclic) bond motifs is 1. The monoisotopic (exact) mass is 363 g/mol. The Morgan fingerprint density at radius 2 is 1.88 bits per heavy atom. The van der Waals surface area contributed by atoms with E-state index in [9.17, 15) is 14.5 Å². The van der Waals surface area contributed by atoms with Crippen LogP contribution >= 0.6 is 19.0 Å². The number of hydrogen-bond donors (Lipinski definition) is 2. The minimum absolute atomic E-state index is 0.138. The number of rotatable bonds is 4. The van der Waals surface area contributed by atoms with Gasteiger partial charge in [0.15, 0.2) is 0 Å². The summed E-state index contributed by atoms with van der Waals surface area (Å²) < 4.78 is 19.1. The Morgan fingerprint density at radius 1 is 1.21 bits per heavy atom. The summed E-state index contributed by atoms with van der Waals surface area (Å²) in [6, 6.07) is 11.9. The minimum atomic E-state index is -3.61. The molecule has 0 saturated carbocycles. The number of aromatic nitrogens is 1. The summed E-state index contributed by atoms with van der Waals surface area (Å²) >= 11 is 6.20. The van der Waals surface area contributed by atoms with Gasteiger partial charge in [-0.15, -0.1) is 0 Å². The summed E-state index contributed by atoms with van der Waals surface area (Å²) in [7, 11) is -2.29. The Kier molecular flexibility index (Phi) is 4.26. The molecule has 24 heavy (non-hydrogen) atoms. The molecule has 1 heterocycles. The average molecular weight is 364 g/mol. The zero-order valence-corrected chi connectivity index (χ0v) is 14.7. The number of nitrogens with one attached hydrogen (secondary N) is 1. The molecule has 3 aromatic rings. The summed E-state index contributed by atoms with van der Waals surface area (Å²) in [6.45, 7) is 1.76. The Bertz CT molecular complexity index is 981. The molecule has 2 N–H and O–H groups in total. The van der Waals surface area contributed by atoms with Crippen LogP contribution in [0.3, 0.4) is 0 Å². The molecule has 0 amide bonds. The first-order valence-corrected chi connectivity index (χ1v) is 9.16. The molecule has 7 heteroatoms. The smallest absolute Gasteiger partial charge is 0.353 e. The van der Waals surface area contributed by atoms with Gasteiger partial charge < -0.3 is 14.6 Å². The summed E-state index contributed by atoms with van der Waals surface area (Å²) in [4.78, 5) is 14.6. The third-order valence-corrected chi connectivity index (χ3v) is 6.93. The first kappa shape index (κ1) is 16.8. The topological polar surface area (TPSA) is 79.4 Å². The van der Waals surface area contributed by atoms with Crippen LogP contribution in [0.2, 0.25) is 5.02 Å². The maximum Gasteiger partial charge on any atom is 0.353 e. The van der Waals surface area contributed by atoms with Crippen molar-refractivity contribution in [1.82, 2.24) is 4.98 Å². The van der Waals surface area contributed by atoms with E-state index < -0.39 is 13.3 Å². The van der Waals surface area contributed by atoms with Gasteiger partial charge in [-0.1, -0.05) is 29.8 Å². The lowest BCUT2D eigenvalue weighted by Crippen LogP contribution is -2.22. The number of halogens is 1. The maximum atomic E-state index is 13.7. The quantitative estimate of drug-likeness (QED) is 0.693. The van der Waals surface area contributed by atoms with Crippen LogP contribution in [0.4, 0.5) is 0 Å². The lowest BCUT2D eigenvalue weighted by atomic mass is 10.1. The van der Waals surface area contributed by atoms with Gasteiger partial charge in [-0.2, -0.15) is 0 Å². The Balaban J connectivity index is 2.47. The van der Waals surface area contributed by atoms with Crippen molar-refractivity contribution >= 4 is 46.5 Å². The Labute approximate surface area is 143 Å². The van der Waals surface area contributed by atoms with Gasteiger partial charge in [-0.05, 0) is 36.8 Å². The van der Waals surface area contributed by atoms with Crippen LogP contribution in [0, 0.1) is 6.92 Å². The van der Waals surface area contributed by atoms with Crippen molar-refractivity contribution in [3.63, 3.8) is 0 Å². The number of benzene rings is 2. The van der Waals surface area contributed by atoms with Crippen molar-refractivity contribution < 1.29 is 19.0 Å². The van der Waals surface area contributed by atoms with Crippen molar-refractivity contribution in [3.8, 4) is 0 Å². The molecule has 0 saturated heterocycles. The average Bonchev–Trinajstić information content (AvgIpc) is 2.99. The molecule has 0 aliphatic rings. The van der Waals surface area contributed by atoms with E-state index in [1.54, 1.807) is 49.4 Å². The Hall–Kier alpha value is -2.07. The van der Waals surface area contributed by atoms with E-state index in [0.29, 0.717) is 26.8 Å². The highest BCUT2D eigenvalue weighted by Gasteiger charge is 2.36. The van der Waals surface area contributed by atoms with Gasteiger partial charge in [-0.3, -0.25) is 4.57 Å². The van der Waals surface area contributed by atoms with Gasteiger partial charge >= 0.3 is 5.97 Å². The molecule has 0 spiro atoms.